The molecule has 0 spiro atoms. The quantitative estimate of drug-likeness (QED) is 0.805. The van der Waals surface area contributed by atoms with Gasteiger partial charge < -0.3 is 4.90 Å². The summed E-state index contributed by atoms with van der Waals surface area (Å²) >= 11 is 5.58. The first-order chi connectivity index (χ1) is 11.0. The highest BCUT2D eigenvalue weighted by Crippen LogP contribution is 2.38. The molecule has 2 rings (SSSR count). The van der Waals surface area contributed by atoms with Gasteiger partial charge in [-0.15, -0.1) is 0 Å². The molecule has 5 nitrogen and oxygen atoms in total. The SMILES string of the molecule is CN(C)C(=O)[C@H]1CCCN1S(=O)(=O)c1ccc(Cl)cc1C(F)(F)F. The lowest BCUT2D eigenvalue weighted by Crippen LogP contribution is -2.45. The van der Waals surface area contributed by atoms with Crippen molar-refractivity contribution >= 4 is 27.5 Å². The number of alkyl halides is 3. The molecular weight excluding hydrogens is 369 g/mol. The van der Waals surface area contributed by atoms with Gasteiger partial charge in [0.15, 0.2) is 0 Å². The smallest absolute Gasteiger partial charge is 0.347 e. The van der Waals surface area contributed by atoms with Crippen molar-refractivity contribution in [3.8, 4) is 0 Å². The molecule has 1 heterocycles. The van der Waals surface area contributed by atoms with E-state index in [2.05, 4.69) is 0 Å². The third kappa shape index (κ3) is 3.52. The Morgan fingerprint density at radius 2 is 1.96 bits per heavy atom. The van der Waals surface area contributed by atoms with Crippen molar-refractivity contribution in [1.29, 1.82) is 0 Å². The molecule has 0 aliphatic carbocycles. The van der Waals surface area contributed by atoms with Gasteiger partial charge in [-0.2, -0.15) is 17.5 Å². The summed E-state index contributed by atoms with van der Waals surface area (Å²) in [5.41, 5.74) is -1.34. The second-order valence-electron chi connectivity index (χ2n) is 5.64. The summed E-state index contributed by atoms with van der Waals surface area (Å²) in [4.78, 5) is 12.5. The highest BCUT2D eigenvalue weighted by Gasteiger charge is 2.44. The maximum Gasteiger partial charge on any atom is 0.417 e. The Kier molecular flexibility index (Phi) is 5.17. The molecule has 0 saturated carbocycles. The van der Waals surface area contributed by atoms with Crippen LogP contribution in [0.4, 0.5) is 13.2 Å². The summed E-state index contributed by atoms with van der Waals surface area (Å²) in [6.07, 6.45) is -4.21. The van der Waals surface area contributed by atoms with E-state index >= 15 is 0 Å². The molecule has 0 aromatic heterocycles. The van der Waals surface area contributed by atoms with Crippen LogP contribution in [0.3, 0.4) is 0 Å². The number of likely N-dealkylation sites (N-methyl/N-ethyl adjacent to an activating group) is 1. The standard InChI is InChI=1S/C14H16ClF3N2O3S/c1-19(2)13(21)11-4-3-7-20(11)24(22,23)12-6-5-9(15)8-10(12)14(16,17)18/h5-6,8,11H,3-4,7H2,1-2H3/t11-/m1/s1. The molecule has 134 valence electrons. The monoisotopic (exact) mass is 384 g/mol. The fourth-order valence-corrected chi connectivity index (χ4v) is 4.67. The first-order valence-electron chi connectivity index (χ1n) is 7.06. The fraction of sp³-hybridized carbons (Fsp3) is 0.500. The second-order valence-corrected chi connectivity index (χ2v) is 7.94. The van der Waals surface area contributed by atoms with Crippen LogP contribution in [-0.4, -0.2) is 50.2 Å². The van der Waals surface area contributed by atoms with E-state index < -0.39 is 38.6 Å². The van der Waals surface area contributed by atoms with Gasteiger partial charge in [0.25, 0.3) is 0 Å². The Balaban J connectivity index is 2.54. The van der Waals surface area contributed by atoms with Crippen molar-refractivity contribution in [3.05, 3.63) is 28.8 Å². The summed E-state index contributed by atoms with van der Waals surface area (Å²) in [5, 5.41) is -0.219. The Morgan fingerprint density at radius 1 is 1.33 bits per heavy atom. The number of nitrogens with zero attached hydrogens (tertiary/aromatic N) is 2. The zero-order valence-electron chi connectivity index (χ0n) is 13.0. The number of rotatable bonds is 3. The van der Waals surface area contributed by atoms with Crippen LogP contribution in [0.2, 0.25) is 5.02 Å². The normalized spacial score (nSPS) is 19.5. The lowest BCUT2D eigenvalue weighted by Gasteiger charge is -2.26. The van der Waals surface area contributed by atoms with Crippen molar-refractivity contribution in [2.24, 2.45) is 0 Å². The van der Waals surface area contributed by atoms with Gasteiger partial charge in [0.2, 0.25) is 15.9 Å². The third-order valence-corrected chi connectivity index (χ3v) is 5.96. The molecule has 0 bridgehead atoms. The summed E-state index contributed by atoms with van der Waals surface area (Å²) in [6.45, 7) is -0.00744. The average molecular weight is 385 g/mol. The molecule has 1 amide bonds. The fourth-order valence-electron chi connectivity index (χ4n) is 2.65. The lowest BCUT2D eigenvalue weighted by atomic mass is 10.2. The van der Waals surface area contributed by atoms with Gasteiger partial charge in [-0.1, -0.05) is 11.6 Å². The molecule has 24 heavy (non-hydrogen) atoms. The largest absolute Gasteiger partial charge is 0.417 e. The Bertz CT molecular complexity index is 750. The first-order valence-corrected chi connectivity index (χ1v) is 8.88. The third-order valence-electron chi connectivity index (χ3n) is 3.76. The summed E-state index contributed by atoms with van der Waals surface area (Å²) in [7, 11) is -1.56. The molecule has 1 atom stereocenters. The average Bonchev–Trinajstić information content (AvgIpc) is 2.95. The van der Waals surface area contributed by atoms with E-state index in [-0.39, 0.29) is 18.0 Å². The Hall–Kier alpha value is -1.32. The topological polar surface area (TPSA) is 57.7 Å². The van der Waals surface area contributed by atoms with Crippen LogP contribution < -0.4 is 0 Å². The summed E-state index contributed by atoms with van der Waals surface area (Å²) in [6, 6.07) is 1.49. The molecular formula is C14H16ClF3N2O3S. The molecule has 0 unspecified atom stereocenters. The van der Waals surface area contributed by atoms with Crippen LogP contribution in [0.1, 0.15) is 18.4 Å². The molecule has 1 saturated heterocycles. The highest BCUT2D eigenvalue weighted by atomic mass is 35.5. The molecule has 1 aromatic carbocycles. The number of carbonyl (C=O) groups excluding carboxylic acids is 1. The zero-order valence-corrected chi connectivity index (χ0v) is 14.5. The van der Waals surface area contributed by atoms with Gasteiger partial charge in [0.1, 0.15) is 6.04 Å². The van der Waals surface area contributed by atoms with Crippen molar-refractivity contribution in [3.63, 3.8) is 0 Å². The van der Waals surface area contributed by atoms with E-state index in [1.165, 1.54) is 19.0 Å². The van der Waals surface area contributed by atoms with Gasteiger partial charge in [-0.05, 0) is 31.0 Å². The number of halogens is 4. The van der Waals surface area contributed by atoms with Gasteiger partial charge in [0.05, 0.1) is 10.5 Å². The van der Waals surface area contributed by atoms with Crippen molar-refractivity contribution in [2.75, 3.05) is 20.6 Å². The lowest BCUT2D eigenvalue weighted by molar-refractivity contribution is -0.139. The van der Waals surface area contributed by atoms with E-state index in [1.807, 2.05) is 0 Å². The van der Waals surface area contributed by atoms with E-state index in [0.717, 1.165) is 16.4 Å². The van der Waals surface area contributed by atoms with Crippen LogP contribution >= 0.6 is 11.6 Å². The molecule has 0 N–H and O–H groups in total. The Labute approximate surface area is 143 Å². The van der Waals surface area contributed by atoms with Gasteiger partial charge in [-0.25, -0.2) is 8.42 Å². The predicted molar refractivity (Wildman–Crippen MR) is 82.1 cm³/mol. The zero-order chi connectivity index (χ0) is 18.3. The number of hydrogen-bond donors (Lipinski definition) is 0. The number of sulfonamides is 1. The number of hydrogen-bond acceptors (Lipinski definition) is 3. The highest BCUT2D eigenvalue weighted by molar-refractivity contribution is 7.89. The van der Waals surface area contributed by atoms with Gasteiger partial charge in [-0.3, -0.25) is 4.79 Å². The molecule has 1 fully saturated rings. The van der Waals surface area contributed by atoms with Crippen molar-refractivity contribution < 1.29 is 26.4 Å². The molecule has 1 aliphatic heterocycles. The molecule has 0 radical (unpaired) electrons. The minimum Gasteiger partial charge on any atom is -0.347 e. The number of amides is 1. The maximum atomic E-state index is 13.2. The van der Waals surface area contributed by atoms with Crippen LogP contribution in [0.5, 0.6) is 0 Å². The van der Waals surface area contributed by atoms with Crippen LogP contribution in [-0.2, 0) is 21.0 Å². The van der Waals surface area contributed by atoms with E-state index in [9.17, 15) is 26.4 Å². The molecule has 1 aromatic rings. The number of carbonyl (C=O) groups is 1. The minimum atomic E-state index is -4.88. The van der Waals surface area contributed by atoms with Crippen LogP contribution in [0, 0.1) is 0 Å². The Morgan fingerprint density at radius 3 is 2.50 bits per heavy atom. The van der Waals surface area contributed by atoms with Crippen LogP contribution in [0.15, 0.2) is 23.1 Å². The van der Waals surface area contributed by atoms with E-state index in [0.29, 0.717) is 12.5 Å². The number of benzene rings is 1. The molecule has 10 heteroatoms. The van der Waals surface area contributed by atoms with Crippen molar-refractivity contribution in [1.82, 2.24) is 9.21 Å². The van der Waals surface area contributed by atoms with E-state index in [4.69, 9.17) is 11.6 Å². The van der Waals surface area contributed by atoms with E-state index in [1.54, 1.807) is 0 Å². The van der Waals surface area contributed by atoms with Crippen LogP contribution in [0.25, 0.3) is 0 Å². The van der Waals surface area contributed by atoms with Gasteiger partial charge >= 0.3 is 6.18 Å². The summed E-state index contributed by atoms with van der Waals surface area (Å²) in [5.74, 6) is -0.460. The van der Waals surface area contributed by atoms with Crippen molar-refractivity contribution in [2.45, 2.75) is 30.0 Å². The minimum absolute atomic E-state index is 0.00744. The second kappa shape index (κ2) is 6.53. The summed E-state index contributed by atoms with van der Waals surface area (Å²) < 4.78 is 66.0. The first kappa shape index (κ1) is 19.0. The maximum absolute atomic E-state index is 13.2. The predicted octanol–water partition coefficient (Wildman–Crippen LogP) is 2.60. The van der Waals surface area contributed by atoms with Gasteiger partial charge in [0, 0.05) is 25.7 Å². The molecule has 1 aliphatic rings.